The number of hydrogen-bond donors (Lipinski definition) is 2. The van der Waals surface area contributed by atoms with Gasteiger partial charge in [-0.2, -0.15) is 13.2 Å². The van der Waals surface area contributed by atoms with Crippen molar-refractivity contribution in [1.29, 1.82) is 0 Å². The number of aliphatic hydroxyl groups excluding tert-OH is 1. The zero-order valence-electron chi connectivity index (χ0n) is 15.5. The number of hydrogen-bond acceptors (Lipinski definition) is 6. The molecule has 0 saturated carbocycles. The molecule has 0 radical (unpaired) electrons. The zero-order chi connectivity index (χ0) is 21.0. The average Bonchev–Trinajstić information content (AvgIpc) is 3.22. The summed E-state index contributed by atoms with van der Waals surface area (Å²) >= 11 is 0. The van der Waals surface area contributed by atoms with Gasteiger partial charge in [-0.1, -0.05) is 12.2 Å². The molecule has 1 aromatic carbocycles. The Balaban J connectivity index is 0.000000255. The molecule has 0 amide bonds. The molecule has 4 atom stereocenters. The Morgan fingerprint density at radius 3 is 2.76 bits per heavy atom. The summed E-state index contributed by atoms with van der Waals surface area (Å²) < 4.78 is 48.6. The van der Waals surface area contributed by atoms with E-state index in [1.165, 1.54) is 11.1 Å². The van der Waals surface area contributed by atoms with Gasteiger partial charge in [-0.15, -0.1) is 0 Å². The lowest BCUT2D eigenvalue weighted by molar-refractivity contribution is -0.192. The molecule has 1 aromatic rings. The van der Waals surface area contributed by atoms with Gasteiger partial charge in [0, 0.05) is 30.1 Å². The number of ether oxygens (including phenoxy) is 3. The van der Waals surface area contributed by atoms with Crippen LogP contribution in [0.25, 0.3) is 0 Å². The van der Waals surface area contributed by atoms with Gasteiger partial charge in [-0.3, -0.25) is 4.90 Å². The fourth-order valence-electron chi connectivity index (χ4n) is 4.76. The smallest absolute Gasteiger partial charge is 0.490 e. The Bertz CT molecular complexity index is 870. The topological polar surface area (TPSA) is 88.5 Å². The first-order chi connectivity index (χ1) is 13.7. The van der Waals surface area contributed by atoms with E-state index in [9.17, 15) is 18.3 Å². The minimum Gasteiger partial charge on any atom is -0.492 e. The fourth-order valence-corrected chi connectivity index (χ4v) is 4.76. The first kappa shape index (κ1) is 19.8. The molecule has 1 fully saturated rings. The highest BCUT2D eigenvalue weighted by Crippen LogP contribution is 2.56. The number of rotatable bonds is 1. The van der Waals surface area contributed by atoms with Crippen molar-refractivity contribution in [2.45, 2.75) is 43.1 Å². The second-order valence-electron chi connectivity index (χ2n) is 7.41. The second kappa shape index (κ2) is 6.81. The molecule has 0 spiro atoms. The molecule has 5 rings (SSSR count). The SMILES string of the molecule is COc1c2c(cc3c1OCO3)[C@]13C=C[C@H](O)C[C@H]1N(CC3)C2.O=C(O)C(F)(F)F. The van der Waals surface area contributed by atoms with Crippen molar-refractivity contribution in [2.24, 2.45) is 0 Å². The number of nitrogens with zero attached hydrogens (tertiary/aromatic N) is 1. The van der Waals surface area contributed by atoms with Crippen LogP contribution in [0.1, 0.15) is 24.0 Å². The number of carboxylic acids is 1. The lowest BCUT2D eigenvalue weighted by atomic mass is 9.66. The van der Waals surface area contributed by atoms with Crippen LogP contribution in [0.5, 0.6) is 17.2 Å². The van der Waals surface area contributed by atoms with E-state index in [1.54, 1.807) is 7.11 Å². The Morgan fingerprint density at radius 1 is 1.38 bits per heavy atom. The summed E-state index contributed by atoms with van der Waals surface area (Å²) in [5, 5.41) is 17.2. The number of carbonyl (C=O) groups is 1. The van der Waals surface area contributed by atoms with Crippen LogP contribution in [0, 0.1) is 0 Å². The highest BCUT2D eigenvalue weighted by atomic mass is 19.4. The third kappa shape index (κ3) is 3.10. The van der Waals surface area contributed by atoms with Gasteiger partial charge < -0.3 is 24.4 Å². The number of fused-ring (bicyclic) bond motifs is 2. The standard InChI is InChI=1S/C17H19NO4.C2HF3O2/c1-20-15-11-8-18-5-4-17(3-2-10(19)6-14(17)18)12(11)7-13-16(15)22-9-21-13;3-2(4,5)1(6)7/h2-3,7,10,14,19H,4-6,8-9H2,1H3;(H,6,7)/t10-,14+,17+;/m0./s1. The van der Waals surface area contributed by atoms with E-state index in [2.05, 4.69) is 17.0 Å². The normalized spacial score (nSPS) is 30.7. The van der Waals surface area contributed by atoms with Gasteiger partial charge in [0.2, 0.25) is 12.5 Å². The summed E-state index contributed by atoms with van der Waals surface area (Å²) in [6.07, 6.45) is 0.622. The van der Waals surface area contributed by atoms with Crippen molar-refractivity contribution >= 4 is 5.97 Å². The summed E-state index contributed by atoms with van der Waals surface area (Å²) in [5.41, 5.74) is 2.47. The predicted octanol–water partition coefficient (Wildman–Crippen LogP) is 2.20. The number of benzene rings is 1. The Morgan fingerprint density at radius 2 is 2.10 bits per heavy atom. The van der Waals surface area contributed by atoms with Gasteiger partial charge in [0.05, 0.1) is 13.2 Å². The molecule has 2 N–H and O–H groups in total. The van der Waals surface area contributed by atoms with Crippen LogP contribution < -0.4 is 14.2 Å². The molecule has 29 heavy (non-hydrogen) atoms. The van der Waals surface area contributed by atoms with Gasteiger partial charge >= 0.3 is 12.1 Å². The maximum atomic E-state index is 10.6. The van der Waals surface area contributed by atoms with Crippen LogP contribution in [0.15, 0.2) is 18.2 Å². The van der Waals surface area contributed by atoms with Gasteiger partial charge in [-0.25, -0.2) is 4.79 Å². The van der Waals surface area contributed by atoms with Gasteiger partial charge in [-0.05, 0) is 24.5 Å². The van der Waals surface area contributed by atoms with E-state index < -0.39 is 12.1 Å². The molecule has 1 unspecified atom stereocenters. The van der Waals surface area contributed by atoms with Crippen molar-refractivity contribution in [3.63, 3.8) is 0 Å². The van der Waals surface area contributed by atoms with E-state index in [4.69, 9.17) is 24.1 Å². The number of aliphatic carboxylic acids is 1. The molecule has 0 aromatic heterocycles. The molecule has 1 saturated heterocycles. The predicted molar refractivity (Wildman–Crippen MR) is 93.1 cm³/mol. The van der Waals surface area contributed by atoms with E-state index in [1.807, 2.05) is 6.08 Å². The first-order valence-corrected chi connectivity index (χ1v) is 9.09. The third-order valence-electron chi connectivity index (χ3n) is 5.96. The fraction of sp³-hybridized carbons (Fsp3) is 0.526. The number of carboxylic acid groups (broad SMARTS) is 1. The maximum absolute atomic E-state index is 10.6. The molecule has 2 bridgehead atoms. The molecule has 3 heterocycles. The van der Waals surface area contributed by atoms with Crippen molar-refractivity contribution in [1.82, 2.24) is 4.90 Å². The van der Waals surface area contributed by atoms with Crippen LogP contribution in [-0.4, -0.2) is 59.9 Å². The van der Waals surface area contributed by atoms with Crippen molar-refractivity contribution in [3.05, 3.63) is 29.3 Å². The molecular weight excluding hydrogens is 395 g/mol. The molecule has 10 heteroatoms. The lowest BCUT2D eigenvalue weighted by Gasteiger charge is -2.45. The summed E-state index contributed by atoms with van der Waals surface area (Å²) in [6, 6.07) is 2.50. The third-order valence-corrected chi connectivity index (χ3v) is 5.96. The molecule has 7 nitrogen and oxygen atoms in total. The monoisotopic (exact) mass is 415 g/mol. The van der Waals surface area contributed by atoms with Crippen molar-refractivity contribution in [3.8, 4) is 17.2 Å². The summed E-state index contributed by atoms with van der Waals surface area (Å²) in [5.74, 6) is -0.429. The number of methoxy groups -OCH3 is 1. The van der Waals surface area contributed by atoms with Crippen LogP contribution >= 0.6 is 0 Å². The Hall–Kier alpha value is -2.46. The lowest BCUT2D eigenvalue weighted by Crippen LogP contribution is -2.49. The van der Waals surface area contributed by atoms with E-state index in [0.29, 0.717) is 6.04 Å². The highest BCUT2D eigenvalue weighted by molar-refractivity contribution is 5.73. The molecule has 158 valence electrons. The Kier molecular flexibility index (Phi) is 4.66. The van der Waals surface area contributed by atoms with Crippen LogP contribution in [0.3, 0.4) is 0 Å². The molecule has 1 aliphatic carbocycles. The Labute approximate surface area is 164 Å². The highest BCUT2D eigenvalue weighted by Gasteiger charge is 2.54. The molecule has 3 aliphatic heterocycles. The van der Waals surface area contributed by atoms with Crippen molar-refractivity contribution < 1.29 is 42.4 Å². The van der Waals surface area contributed by atoms with Crippen LogP contribution in [0.4, 0.5) is 13.2 Å². The summed E-state index contributed by atoms with van der Waals surface area (Å²) in [7, 11) is 1.69. The maximum Gasteiger partial charge on any atom is 0.490 e. The van der Waals surface area contributed by atoms with Crippen LogP contribution in [-0.2, 0) is 16.8 Å². The van der Waals surface area contributed by atoms with Gasteiger partial charge in [0.25, 0.3) is 0 Å². The van der Waals surface area contributed by atoms with Gasteiger partial charge in [0.1, 0.15) is 0 Å². The quantitative estimate of drug-likeness (QED) is 0.680. The minimum absolute atomic E-state index is 0.0267. The first-order valence-electron chi connectivity index (χ1n) is 9.09. The number of halogens is 3. The van der Waals surface area contributed by atoms with E-state index in [-0.39, 0.29) is 18.3 Å². The number of alkyl halides is 3. The minimum atomic E-state index is -5.08. The zero-order valence-corrected chi connectivity index (χ0v) is 15.5. The summed E-state index contributed by atoms with van der Waals surface area (Å²) in [6.45, 7) is 2.15. The van der Waals surface area contributed by atoms with E-state index in [0.717, 1.165) is 43.2 Å². The molecule has 4 aliphatic rings. The van der Waals surface area contributed by atoms with Gasteiger partial charge in [0.15, 0.2) is 11.5 Å². The largest absolute Gasteiger partial charge is 0.492 e. The summed E-state index contributed by atoms with van der Waals surface area (Å²) in [4.78, 5) is 11.4. The van der Waals surface area contributed by atoms with Crippen molar-refractivity contribution in [2.75, 3.05) is 20.4 Å². The van der Waals surface area contributed by atoms with Crippen LogP contribution in [0.2, 0.25) is 0 Å². The number of aliphatic hydroxyl groups is 1. The van der Waals surface area contributed by atoms with E-state index >= 15 is 0 Å². The second-order valence-corrected chi connectivity index (χ2v) is 7.41. The average molecular weight is 415 g/mol. The molecular formula is C19H20F3NO6.